The van der Waals surface area contributed by atoms with Gasteiger partial charge < -0.3 is 19.7 Å². The number of nitrogens with one attached hydrogen (secondary N) is 1. The van der Waals surface area contributed by atoms with Gasteiger partial charge in [-0.05, 0) is 50.8 Å². The van der Waals surface area contributed by atoms with E-state index < -0.39 is 0 Å². The lowest BCUT2D eigenvalue weighted by Crippen LogP contribution is -2.52. The van der Waals surface area contributed by atoms with Gasteiger partial charge in [-0.1, -0.05) is 0 Å². The highest BCUT2D eigenvalue weighted by Crippen LogP contribution is 2.38. The third-order valence-corrected chi connectivity index (χ3v) is 5.95. The van der Waals surface area contributed by atoms with E-state index in [0.717, 1.165) is 31.4 Å². The zero-order valence-electron chi connectivity index (χ0n) is 17.4. The molecule has 2 saturated heterocycles. The second-order valence-electron chi connectivity index (χ2n) is 7.85. The molecule has 8 nitrogen and oxygen atoms in total. The van der Waals surface area contributed by atoms with Crippen molar-refractivity contribution in [2.75, 3.05) is 14.2 Å². The lowest BCUT2D eigenvalue weighted by atomic mass is 9.96. The molecule has 2 aromatic rings. The van der Waals surface area contributed by atoms with Crippen LogP contribution < -0.4 is 14.8 Å². The van der Waals surface area contributed by atoms with Crippen LogP contribution in [0.5, 0.6) is 11.5 Å². The molecule has 0 saturated carbocycles. The van der Waals surface area contributed by atoms with Gasteiger partial charge in [0.1, 0.15) is 5.69 Å². The number of carbonyl (C=O) groups excluding carboxylic acids is 2. The van der Waals surface area contributed by atoms with Gasteiger partial charge >= 0.3 is 0 Å². The third-order valence-electron chi connectivity index (χ3n) is 5.95. The quantitative estimate of drug-likeness (QED) is 0.813. The van der Waals surface area contributed by atoms with Crippen LogP contribution in [0.15, 0.2) is 30.6 Å². The van der Waals surface area contributed by atoms with E-state index >= 15 is 0 Å². The Morgan fingerprint density at radius 1 is 1.03 bits per heavy atom. The SMILES string of the molecule is COc1ccc(C(=O)N2[C@@H]3CC[C@H]2CC(NC(=O)c2cnc(C)cn2)C3)cc1OC. The Kier molecular flexibility index (Phi) is 5.57. The number of rotatable bonds is 5. The zero-order valence-corrected chi connectivity index (χ0v) is 17.4. The standard InChI is InChI=1S/C22H26N4O4/c1-13-11-24-18(12-23-13)21(27)25-15-9-16-5-6-17(10-15)26(16)22(28)14-4-7-19(29-2)20(8-14)30-3/h4,7-8,11-12,15-17H,5-6,9-10H2,1-3H3,(H,25,27)/t15?,16-,17+. The molecule has 0 aliphatic carbocycles. The minimum Gasteiger partial charge on any atom is -0.493 e. The van der Waals surface area contributed by atoms with Crippen molar-refractivity contribution in [2.24, 2.45) is 0 Å². The molecule has 2 aliphatic rings. The number of ether oxygens (including phenoxy) is 2. The number of hydrogen-bond donors (Lipinski definition) is 1. The second kappa shape index (κ2) is 8.30. The van der Waals surface area contributed by atoms with Crippen LogP contribution in [0.25, 0.3) is 0 Å². The molecular formula is C22H26N4O4. The smallest absolute Gasteiger partial charge is 0.271 e. The molecule has 3 heterocycles. The molecule has 0 spiro atoms. The maximum absolute atomic E-state index is 13.2. The molecule has 158 valence electrons. The average molecular weight is 410 g/mol. The van der Waals surface area contributed by atoms with E-state index in [0.29, 0.717) is 22.8 Å². The molecule has 1 N–H and O–H groups in total. The second-order valence-corrected chi connectivity index (χ2v) is 7.85. The Bertz CT molecular complexity index is 933. The number of amides is 2. The summed E-state index contributed by atoms with van der Waals surface area (Å²) < 4.78 is 10.6. The molecule has 8 heteroatoms. The van der Waals surface area contributed by atoms with E-state index in [4.69, 9.17) is 9.47 Å². The predicted octanol–water partition coefficient (Wildman–Crippen LogP) is 2.37. The summed E-state index contributed by atoms with van der Waals surface area (Å²) in [6.45, 7) is 1.83. The summed E-state index contributed by atoms with van der Waals surface area (Å²) in [5.74, 6) is 0.916. The van der Waals surface area contributed by atoms with Gasteiger partial charge in [-0.3, -0.25) is 14.6 Å². The summed E-state index contributed by atoms with van der Waals surface area (Å²) in [4.78, 5) is 36.0. The molecule has 1 aromatic carbocycles. The van der Waals surface area contributed by atoms with E-state index in [1.165, 1.54) is 6.20 Å². The van der Waals surface area contributed by atoms with Crippen LogP contribution in [0, 0.1) is 6.92 Å². The van der Waals surface area contributed by atoms with E-state index in [2.05, 4.69) is 15.3 Å². The first-order chi connectivity index (χ1) is 14.5. The number of methoxy groups -OCH3 is 2. The largest absolute Gasteiger partial charge is 0.493 e. The van der Waals surface area contributed by atoms with E-state index in [-0.39, 0.29) is 29.9 Å². The first-order valence-corrected chi connectivity index (χ1v) is 10.1. The molecule has 30 heavy (non-hydrogen) atoms. The van der Waals surface area contributed by atoms with Gasteiger partial charge in [0.15, 0.2) is 11.5 Å². The number of carbonyl (C=O) groups is 2. The van der Waals surface area contributed by atoms with Gasteiger partial charge in [-0.25, -0.2) is 4.98 Å². The fraction of sp³-hybridized carbons (Fsp3) is 0.455. The Morgan fingerprint density at radius 2 is 1.73 bits per heavy atom. The zero-order chi connectivity index (χ0) is 21.3. The van der Waals surface area contributed by atoms with Crippen molar-refractivity contribution in [3.05, 3.63) is 47.5 Å². The van der Waals surface area contributed by atoms with Crippen LogP contribution in [0.4, 0.5) is 0 Å². The summed E-state index contributed by atoms with van der Waals surface area (Å²) in [6, 6.07) is 5.49. The molecule has 4 rings (SSSR count). The molecule has 2 fully saturated rings. The Labute approximate surface area is 175 Å². The van der Waals surface area contributed by atoms with Crippen LogP contribution in [0.1, 0.15) is 52.2 Å². The molecule has 1 unspecified atom stereocenters. The highest BCUT2D eigenvalue weighted by molar-refractivity contribution is 5.96. The van der Waals surface area contributed by atoms with Crippen LogP contribution in [-0.2, 0) is 0 Å². The van der Waals surface area contributed by atoms with Gasteiger partial charge in [0.25, 0.3) is 11.8 Å². The summed E-state index contributed by atoms with van der Waals surface area (Å²) in [5.41, 5.74) is 1.67. The molecule has 1 aromatic heterocycles. The van der Waals surface area contributed by atoms with Gasteiger partial charge in [-0.15, -0.1) is 0 Å². The van der Waals surface area contributed by atoms with Crippen molar-refractivity contribution < 1.29 is 19.1 Å². The Morgan fingerprint density at radius 3 is 2.33 bits per heavy atom. The molecule has 0 radical (unpaired) electrons. The Balaban J connectivity index is 1.44. The normalized spacial score (nSPS) is 22.5. The monoisotopic (exact) mass is 410 g/mol. The fourth-order valence-corrected chi connectivity index (χ4v) is 4.51. The van der Waals surface area contributed by atoms with Crippen molar-refractivity contribution in [3.63, 3.8) is 0 Å². The van der Waals surface area contributed by atoms with Crippen molar-refractivity contribution in [2.45, 2.75) is 50.7 Å². The van der Waals surface area contributed by atoms with Gasteiger partial charge in [0, 0.05) is 29.9 Å². The summed E-state index contributed by atoms with van der Waals surface area (Å²) in [7, 11) is 3.13. The molecule has 2 aliphatic heterocycles. The summed E-state index contributed by atoms with van der Waals surface area (Å²) >= 11 is 0. The maximum atomic E-state index is 13.2. The summed E-state index contributed by atoms with van der Waals surface area (Å²) in [6.07, 6.45) is 6.44. The summed E-state index contributed by atoms with van der Waals surface area (Å²) in [5, 5.41) is 3.07. The lowest BCUT2D eigenvalue weighted by molar-refractivity contribution is 0.0549. The lowest BCUT2D eigenvalue weighted by Gasteiger charge is -2.39. The number of aromatic nitrogens is 2. The van der Waals surface area contributed by atoms with E-state index in [9.17, 15) is 9.59 Å². The minimum absolute atomic E-state index is 0.00219. The first-order valence-electron chi connectivity index (χ1n) is 10.1. The number of fused-ring (bicyclic) bond motifs is 2. The number of aryl methyl sites for hydroxylation is 1. The van der Waals surface area contributed by atoms with Crippen molar-refractivity contribution in [3.8, 4) is 11.5 Å². The average Bonchev–Trinajstić information content (AvgIpc) is 3.03. The minimum atomic E-state index is -0.216. The highest BCUT2D eigenvalue weighted by atomic mass is 16.5. The van der Waals surface area contributed by atoms with Crippen molar-refractivity contribution >= 4 is 11.8 Å². The number of nitrogens with zero attached hydrogens (tertiary/aromatic N) is 3. The Hall–Kier alpha value is -3.16. The number of benzene rings is 1. The van der Waals surface area contributed by atoms with Crippen LogP contribution in [-0.4, -0.2) is 59.0 Å². The first kappa shape index (κ1) is 20.1. The molecular weight excluding hydrogens is 384 g/mol. The van der Waals surface area contributed by atoms with Crippen molar-refractivity contribution in [1.82, 2.24) is 20.2 Å². The third kappa shape index (κ3) is 3.81. The van der Waals surface area contributed by atoms with Gasteiger partial charge in [0.2, 0.25) is 0 Å². The number of hydrogen-bond acceptors (Lipinski definition) is 6. The van der Waals surface area contributed by atoms with Crippen LogP contribution in [0.2, 0.25) is 0 Å². The van der Waals surface area contributed by atoms with Crippen LogP contribution in [0.3, 0.4) is 0 Å². The van der Waals surface area contributed by atoms with E-state index in [1.807, 2.05) is 11.8 Å². The van der Waals surface area contributed by atoms with Crippen molar-refractivity contribution in [1.29, 1.82) is 0 Å². The topological polar surface area (TPSA) is 93.7 Å². The van der Waals surface area contributed by atoms with Crippen LogP contribution >= 0.6 is 0 Å². The molecule has 3 atom stereocenters. The highest BCUT2D eigenvalue weighted by Gasteiger charge is 2.44. The maximum Gasteiger partial charge on any atom is 0.271 e. The number of piperidine rings is 1. The molecule has 2 amide bonds. The fourth-order valence-electron chi connectivity index (χ4n) is 4.51. The predicted molar refractivity (Wildman–Crippen MR) is 110 cm³/mol. The van der Waals surface area contributed by atoms with Gasteiger partial charge in [0.05, 0.1) is 26.1 Å². The van der Waals surface area contributed by atoms with Gasteiger partial charge in [-0.2, -0.15) is 0 Å². The van der Waals surface area contributed by atoms with E-state index in [1.54, 1.807) is 38.6 Å². The molecule has 2 bridgehead atoms.